The van der Waals surface area contributed by atoms with Crippen molar-refractivity contribution in [3.8, 4) is 17.0 Å². The van der Waals surface area contributed by atoms with Crippen molar-refractivity contribution in [2.24, 2.45) is 0 Å². The van der Waals surface area contributed by atoms with E-state index in [9.17, 15) is 4.79 Å². The van der Waals surface area contributed by atoms with E-state index < -0.39 is 0 Å². The van der Waals surface area contributed by atoms with Gasteiger partial charge in [-0.2, -0.15) is 11.8 Å². The Morgan fingerprint density at radius 3 is 2.82 bits per heavy atom. The summed E-state index contributed by atoms with van der Waals surface area (Å²) in [5, 5.41) is 6.15. The van der Waals surface area contributed by atoms with Crippen molar-refractivity contribution in [2.75, 3.05) is 56.5 Å². The van der Waals surface area contributed by atoms with E-state index in [1.165, 1.54) is 11.3 Å². The van der Waals surface area contributed by atoms with E-state index in [1.54, 1.807) is 38.3 Å². The van der Waals surface area contributed by atoms with Crippen LogP contribution < -0.4 is 20.3 Å². The first kappa shape index (κ1) is 23.9. The molecule has 1 aromatic heterocycles. The van der Waals surface area contributed by atoms with Gasteiger partial charge in [-0.1, -0.05) is 12.1 Å². The summed E-state index contributed by atoms with van der Waals surface area (Å²) in [4.78, 5) is 23.3. The Hall–Kier alpha value is -3.26. The van der Waals surface area contributed by atoms with E-state index in [4.69, 9.17) is 4.74 Å². The molecule has 1 aliphatic rings. The molecule has 34 heavy (non-hydrogen) atoms. The number of anilines is 2. The lowest BCUT2D eigenvalue weighted by atomic mass is 9.97. The molecule has 0 saturated heterocycles. The number of carbonyl (C=O) groups is 1. The molecule has 2 aromatic carbocycles. The first-order chi connectivity index (χ1) is 16.5. The fourth-order valence-corrected chi connectivity index (χ4v) is 5.06. The van der Waals surface area contributed by atoms with Crippen LogP contribution in [0.1, 0.15) is 27.4 Å². The van der Waals surface area contributed by atoms with E-state index >= 15 is 0 Å². The number of hydrogen-bond acceptors (Lipinski definition) is 7. The molecule has 0 saturated carbocycles. The fraction of sp³-hybridized carbons (Fsp3) is 0.346. The van der Waals surface area contributed by atoms with E-state index in [2.05, 4.69) is 57.0 Å². The van der Waals surface area contributed by atoms with E-state index in [0.29, 0.717) is 17.9 Å². The van der Waals surface area contributed by atoms with Crippen LogP contribution in [0, 0.1) is 0 Å². The fourth-order valence-electron chi connectivity index (χ4n) is 4.36. The number of amides is 1. The molecule has 0 spiro atoms. The van der Waals surface area contributed by atoms with Crippen molar-refractivity contribution in [1.82, 2.24) is 15.3 Å². The van der Waals surface area contributed by atoms with Crippen LogP contribution in [0.4, 0.5) is 11.5 Å². The third kappa shape index (κ3) is 5.12. The quantitative estimate of drug-likeness (QED) is 0.481. The number of carbonyl (C=O) groups excluding carboxylic acids is 1. The Morgan fingerprint density at radius 1 is 1.21 bits per heavy atom. The molecule has 4 rings (SSSR count). The van der Waals surface area contributed by atoms with Crippen LogP contribution in [-0.4, -0.2) is 62.2 Å². The highest BCUT2D eigenvalue weighted by Crippen LogP contribution is 2.32. The Labute approximate surface area is 205 Å². The summed E-state index contributed by atoms with van der Waals surface area (Å²) >= 11 is 1.77. The zero-order chi connectivity index (χ0) is 24.1. The maximum absolute atomic E-state index is 12.0. The number of nitrogens with zero attached hydrogens (tertiary/aromatic N) is 3. The van der Waals surface area contributed by atoms with E-state index in [0.717, 1.165) is 41.4 Å². The average Bonchev–Trinajstić information content (AvgIpc) is 3.25. The number of ether oxygens (including phenoxy) is 1. The summed E-state index contributed by atoms with van der Waals surface area (Å²) in [5.41, 5.74) is 6.32. The van der Waals surface area contributed by atoms with E-state index in [-0.39, 0.29) is 11.8 Å². The molecular formula is C26H31N5O2S. The van der Waals surface area contributed by atoms with Gasteiger partial charge in [0.15, 0.2) is 0 Å². The topological polar surface area (TPSA) is 79.4 Å². The van der Waals surface area contributed by atoms with Gasteiger partial charge in [0.05, 0.1) is 12.8 Å². The lowest BCUT2D eigenvalue weighted by Crippen LogP contribution is -2.19. The van der Waals surface area contributed by atoms with Crippen molar-refractivity contribution in [3.63, 3.8) is 0 Å². The van der Waals surface area contributed by atoms with Gasteiger partial charge in [-0.3, -0.25) is 4.79 Å². The van der Waals surface area contributed by atoms with Gasteiger partial charge < -0.3 is 20.3 Å². The summed E-state index contributed by atoms with van der Waals surface area (Å²) in [7, 11) is 5.39. The minimum absolute atomic E-state index is 0.129. The smallest absolute Gasteiger partial charge is 0.251 e. The van der Waals surface area contributed by atoms with Crippen LogP contribution in [0.3, 0.4) is 0 Å². The second-order valence-electron chi connectivity index (χ2n) is 8.37. The average molecular weight is 478 g/mol. The van der Waals surface area contributed by atoms with Crippen LogP contribution in [0.25, 0.3) is 11.3 Å². The zero-order valence-corrected chi connectivity index (χ0v) is 20.9. The van der Waals surface area contributed by atoms with Crippen LogP contribution in [0.15, 0.2) is 48.8 Å². The lowest BCUT2D eigenvalue weighted by molar-refractivity contribution is 0.0962. The number of methoxy groups -OCH3 is 1. The maximum Gasteiger partial charge on any atom is 0.251 e. The molecule has 2 N–H and O–H groups in total. The second-order valence-corrected chi connectivity index (χ2v) is 9.28. The van der Waals surface area contributed by atoms with Crippen molar-refractivity contribution < 1.29 is 9.53 Å². The van der Waals surface area contributed by atoms with Crippen molar-refractivity contribution in [3.05, 3.63) is 65.5 Å². The zero-order valence-electron chi connectivity index (χ0n) is 20.1. The molecular weight excluding hydrogens is 446 g/mol. The third-order valence-electron chi connectivity index (χ3n) is 6.23. The molecule has 3 aromatic rings. The summed E-state index contributed by atoms with van der Waals surface area (Å²) in [6.45, 7) is 1.74. The predicted molar refractivity (Wildman–Crippen MR) is 140 cm³/mol. The molecule has 0 aliphatic carbocycles. The molecule has 2 heterocycles. The molecule has 8 heteroatoms. The first-order valence-electron chi connectivity index (χ1n) is 11.3. The van der Waals surface area contributed by atoms with Gasteiger partial charge in [-0.05, 0) is 48.1 Å². The van der Waals surface area contributed by atoms with E-state index in [1.807, 2.05) is 18.2 Å². The Kier molecular flexibility index (Phi) is 7.57. The molecule has 1 aliphatic heterocycles. The Morgan fingerprint density at radius 2 is 2.06 bits per heavy atom. The number of aromatic nitrogens is 2. The first-order valence-corrected chi connectivity index (χ1v) is 12.7. The summed E-state index contributed by atoms with van der Waals surface area (Å²) in [6.07, 6.45) is 4.76. The lowest BCUT2D eigenvalue weighted by Gasteiger charge is -2.21. The highest BCUT2D eigenvalue weighted by atomic mass is 32.2. The second kappa shape index (κ2) is 10.8. The number of rotatable bonds is 9. The minimum Gasteiger partial charge on any atom is -0.496 e. The SMILES string of the molecule is CNC(=O)c1ccc(C(CNc2cc(-c3ccc4c(c3)CCN4C)ncn2)CSC)c(OC)c1. The van der Waals surface area contributed by atoms with Gasteiger partial charge in [-0.25, -0.2) is 9.97 Å². The molecule has 1 unspecified atom stereocenters. The standard InChI is InChI=1S/C26H31N5O2S/c1-27-26(32)19-5-7-21(24(12-19)33-3)20(15-34-4)14-28-25-13-22(29-16-30-25)17-6-8-23-18(11-17)9-10-31(23)2/h5-8,11-13,16,20H,9-10,14-15H2,1-4H3,(H,27,32)(H,28,29,30). The van der Waals surface area contributed by atoms with Gasteiger partial charge in [0.2, 0.25) is 0 Å². The van der Waals surface area contributed by atoms with Gasteiger partial charge in [0.25, 0.3) is 5.91 Å². The predicted octanol–water partition coefficient (Wildman–Crippen LogP) is 4.06. The molecule has 0 bridgehead atoms. The third-order valence-corrected chi connectivity index (χ3v) is 6.97. The highest BCUT2D eigenvalue weighted by molar-refractivity contribution is 7.98. The van der Waals surface area contributed by atoms with Crippen LogP contribution in [-0.2, 0) is 6.42 Å². The number of nitrogens with one attached hydrogen (secondary N) is 2. The monoisotopic (exact) mass is 477 g/mol. The van der Waals surface area contributed by atoms with Crippen LogP contribution in [0.5, 0.6) is 5.75 Å². The number of likely N-dealkylation sites (N-methyl/N-ethyl adjacent to an activating group) is 1. The molecule has 0 radical (unpaired) electrons. The highest BCUT2D eigenvalue weighted by Gasteiger charge is 2.19. The Balaban J connectivity index is 1.52. The molecule has 0 fully saturated rings. The number of benzene rings is 2. The van der Waals surface area contributed by atoms with Crippen LogP contribution in [0.2, 0.25) is 0 Å². The van der Waals surface area contributed by atoms with Gasteiger partial charge in [0.1, 0.15) is 17.9 Å². The summed E-state index contributed by atoms with van der Waals surface area (Å²) in [6, 6.07) is 14.2. The number of fused-ring (bicyclic) bond motifs is 1. The van der Waals surface area contributed by atoms with Gasteiger partial charge >= 0.3 is 0 Å². The molecule has 7 nitrogen and oxygen atoms in total. The summed E-state index contributed by atoms with van der Waals surface area (Å²) < 4.78 is 5.63. The van der Waals surface area contributed by atoms with Crippen molar-refractivity contribution >= 4 is 29.2 Å². The van der Waals surface area contributed by atoms with Gasteiger partial charge in [0, 0.05) is 61.7 Å². The Bertz CT molecular complexity index is 1170. The minimum atomic E-state index is -0.129. The molecule has 1 atom stereocenters. The van der Waals surface area contributed by atoms with Gasteiger partial charge in [-0.15, -0.1) is 0 Å². The number of hydrogen-bond donors (Lipinski definition) is 2. The number of thioether (sulfide) groups is 1. The largest absolute Gasteiger partial charge is 0.496 e. The van der Waals surface area contributed by atoms with Crippen molar-refractivity contribution in [2.45, 2.75) is 12.3 Å². The maximum atomic E-state index is 12.0. The molecule has 1 amide bonds. The normalized spacial score (nSPS) is 13.4. The van der Waals surface area contributed by atoms with Crippen LogP contribution >= 0.6 is 11.8 Å². The molecule has 178 valence electrons. The van der Waals surface area contributed by atoms with Crippen molar-refractivity contribution in [1.29, 1.82) is 0 Å². The summed E-state index contributed by atoms with van der Waals surface area (Å²) in [5.74, 6) is 2.45.